The monoisotopic (exact) mass is 298 g/mol. The molecular formula is C15H26N2O4. The molecule has 1 amide bonds. The first-order chi connectivity index (χ1) is 9.52. The number of amides is 1. The van der Waals surface area contributed by atoms with Crippen molar-refractivity contribution in [1.82, 2.24) is 4.90 Å². The van der Waals surface area contributed by atoms with Crippen LogP contribution < -0.4 is 5.73 Å². The van der Waals surface area contributed by atoms with Crippen molar-refractivity contribution in [3.05, 3.63) is 0 Å². The van der Waals surface area contributed by atoms with Gasteiger partial charge in [0.15, 0.2) is 0 Å². The first-order valence-corrected chi connectivity index (χ1v) is 7.48. The molecule has 1 saturated carbocycles. The van der Waals surface area contributed by atoms with E-state index in [4.69, 9.17) is 10.5 Å². The summed E-state index contributed by atoms with van der Waals surface area (Å²) in [4.78, 5) is 25.9. The second-order valence-corrected chi connectivity index (χ2v) is 7.19. The molecule has 21 heavy (non-hydrogen) atoms. The summed E-state index contributed by atoms with van der Waals surface area (Å²) in [5.41, 5.74) is 3.69. The minimum atomic E-state index is -1.28. The van der Waals surface area contributed by atoms with Crippen LogP contribution in [-0.4, -0.2) is 52.2 Å². The number of hydrogen-bond donors (Lipinski definition) is 2. The summed E-state index contributed by atoms with van der Waals surface area (Å²) in [6.45, 7) is 9.63. The molecule has 120 valence electrons. The highest BCUT2D eigenvalue weighted by atomic mass is 16.5. The molecular weight excluding hydrogens is 272 g/mol. The summed E-state index contributed by atoms with van der Waals surface area (Å²) in [7, 11) is 0. The fourth-order valence-electron chi connectivity index (χ4n) is 3.95. The molecule has 2 aliphatic rings. The Morgan fingerprint density at radius 1 is 1.43 bits per heavy atom. The Hall–Kier alpha value is -1.14. The quantitative estimate of drug-likeness (QED) is 0.802. The molecule has 3 N–H and O–H groups in total. The number of fused-ring (bicyclic) bond motifs is 1. The van der Waals surface area contributed by atoms with E-state index < -0.39 is 22.5 Å². The van der Waals surface area contributed by atoms with E-state index in [9.17, 15) is 14.7 Å². The van der Waals surface area contributed by atoms with Crippen LogP contribution >= 0.6 is 0 Å². The van der Waals surface area contributed by atoms with Crippen molar-refractivity contribution < 1.29 is 19.4 Å². The number of hydrogen-bond acceptors (Lipinski definition) is 4. The molecule has 6 heteroatoms. The third kappa shape index (κ3) is 1.85. The number of carboxylic acids is 1. The van der Waals surface area contributed by atoms with Crippen molar-refractivity contribution in [1.29, 1.82) is 0 Å². The molecule has 2 fully saturated rings. The normalized spacial score (nSPS) is 34.0. The van der Waals surface area contributed by atoms with Crippen molar-refractivity contribution in [3.8, 4) is 0 Å². The number of carbonyl (C=O) groups excluding carboxylic acids is 1. The number of carbonyl (C=O) groups is 2. The van der Waals surface area contributed by atoms with Gasteiger partial charge in [-0.2, -0.15) is 0 Å². The van der Waals surface area contributed by atoms with Crippen molar-refractivity contribution >= 4 is 11.9 Å². The largest absolute Gasteiger partial charge is 0.480 e. The molecule has 0 bridgehead atoms. The highest BCUT2D eigenvalue weighted by Gasteiger charge is 2.72. The Balaban J connectivity index is 2.36. The molecule has 1 heterocycles. The van der Waals surface area contributed by atoms with Crippen molar-refractivity contribution in [2.45, 2.75) is 58.2 Å². The van der Waals surface area contributed by atoms with Crippen molar-refractivity contribution in [2.24, 2.45) is 17.1 Å². The summed E-state index contributed by atoms with van der Waals surface area (Å²) >= 11 is 0. The summed E-state index contributed by atoms with van der Waals surface area (Å²) < 4.78 is 5.69. The standard InChI is InChI=1S/C15H26N2O4/c1-6-17(14(4,5)12(19)20)11(18)15(16)9-7-8-21-10(9)13(15,2)3/h9-10H,6-8,16H2,1-5H3,(H,19,20). The first kappa shape index (κ1) is 16.2. The van der Waals surface area contributed by atoms with E-state index in [1.54, 1.807) is 6.92 Å². The Morgan fingerprint density at radius 2 is 2.00 bits per heavy atom. The number of likely N-dealkylation sites (N-methyl/N-ethyl adjacent to an activating group) is 1. The molecule has 6 nitrogen and oxygen atoms in total. The van der Waals surface area contributed by atoms with Gasteiger partial charge in [0.05, 0.1) is 6.10 Å². The maximum absolute atomic E-state index is 13.1. The maximum atomic E-state index is 13.1. The zero-order valence-corrected chi connectivity index (χ0v) is 13.5. The second-order valence-electron chi connectivity index (χ2n) is 7.19. The number of rotatable bonds is 4. The van der Waals surface area contributed by atoms with Crippen LogP contribution in [0, 0.1) is 11.3 Å². The molecule has 0 aromatic heterocycles. The van der Waals surface area contributed by atoms with Gasteiger partial charge in [-0.05, 0) is 27.2 Å². The lowest BCUT2D eigenvalue weighted by Crippen LogP contribution is -2.81. The minimum Gasteiger partial charge on any atom is -0.480 e. The Bertz CT molecular complexity index is 474. The molecule has 0 aromatic rings. The van der Waals surface area contributed by atoms with Crippen LogP contribution in [0.25, 0.3) is 0 Å². The molecule has 0 aromatic carbocycles. The van der Waals surface area contributed by atoms with Gasteiger partial charge in [-0.15, -0.1) is 0 Å². The van der Waals surface area contributed by atoms with Gasteiger partial charge in [0.1, 0.15) is 11.1 Å². The SMILES string of the molecule is CCN(C(=O)C1(N)C2CCOC2C1(C)C)C(C)(C)C(=O)O. The van der Waals surface area contributed by atoms with Gasteiger partial charge >= 0.3 is 5.97 Å². The van der Waals surface area contributed by atoms with E-state index in [0.29, 0.717) is 13.2 Å². The van der Waals surface area contributed by atoms with E-state index in [1.165, 1.54) is 18.7 Å². The maximum Gasteiger partial charge on any atom is 0.329 e. The topological polar surface area (TPSA) is 92.9 Å². The fraction of sp³-hybridized carbons (Fsp3) is 0.867. The predicted molar refractivity (Wildman–Crippen MR) is 77.6 cm³/mol. The van der Waals surface area contributed by atoms with Crippen LogP contribution in [0.4, 0.5) is 0 Å². The number of aliphatic carboxylic acids is 1. The van der Waals surface area contributed by atoms with E-state index in [1.807, 2.05) is 13.8 Å². The lowest BCUT2D eigenvalue weighted by Gasteiger charge is -2.62. The van der Waals surface area contributed by atoms with Crippen LogP contribution in [0.2, 0.25) is 0 Å². The molecule has 0 spiro atoms. The van der Waals surface area contributed by atoms with Gasteiger partial charge in [-0.1, -0.05) is 13.8 Å². The van der Waals surface area contributed by atoms with Gasteiger partial charge < -0.3 is 20.5 Å². The summed E-state index contributed by atoms with van der Waals surface area (Å²) in [5.74, 6) is -1.34. The van der Waals surface area contributed by atoms with Crippen LogP contribution in [0.1, 0.15) is 41.0 Å². The number of nitrogens with two attached hydrogens (primary N) is 1. The second kappa shape index (κ2) is 4.68. The van der Waals surface area contributed by atoms with Gasteiger partial charge in [0.2, 0.25) is 5.91 Å². The van der Waals surface area contributed by atoms with E-state index in [2.05, 4.69) is 0 Å². The van der Waals surface area contributed by atoms with Gasteiger partial charge in [0, 0.05) is 24.5 Å². The zero-order valence-electron chi connectivity index (χ0n) is 13.5. The van der Waals surface area contributed by atoms with E-state index in [0.717, 1.165) is 6.42 Å². The molecule has 0 radical (unpaired) electrons. The molecule has 3 atom stereocenters. The van der Waals surface area contributed by atoms with Gasteiger partial charge in [-0.3, -0.25) is 4.79 Å². The van der Waals surface area contributed by atoms with Crippen LogP contribution in [0.5, 0.6) is 0 Å². The van der Waals surface area contributed by atoms with Gasteiger partial charge in [-0.25, -0.2) is 4.79 Å². The zero-order chi connectivity index (χ0) is 16.2. The number of nitrogens with zero attached hydrogens (tertiary/aromatic N) is 1. The molecule has 2 rings (SSSR count). The average molecular weight is 298 g/mol. The predicted octanol–water partition coefficient (Wildman–Crippen LogP) is 0.841. The Morgan fingerprint density at radius 3 is 2.48 bits per heavy atom. The van der Waals surface area contributed by atoms with Crippen molar-refractivity contribution in [2.75, 3.05) is 13.2 Å². The Labute approximate surface area is 125 Å². The third-order valence-corrected chi connectivity index (χ3v) is 5.57. The average Bonchev–Trinajstić information content (AvgIpc) is 2.85. The molecule has 3 unspecified atom stereocenters. The Kier molecular flexibility index (Phi) is 3.62. The number of ether oxygens (including phenoxy) is 1. The van der Waals surface area contributed by atoms with Crippen LogP contribution in [0.3, 0.4) is 0 Å². The summed E-state index contributed by atoms with van der Waals surface area (Å²) in [6.07, 6.45) is 0.736. The highest BCUT2D eigenvalue weighted by Crippen LogP contribution is 2.59. The fourth-order valence-corrected chi connectivity index (χ4v) is 3.95. The van der Waals surface area contributed by atoms with Crippen LogP contribution in [0.15, 0.2) is 0 Å². The highest BCUT2D eigenvalue weighted by molar-refractivity contribution is 5.94. The van der Waals surface area contributed by atoms with Crippen molar-refractivity contribution in [3.63, 3.8) is 0 Å². The number of carboxylic acid groups (broad SMARTS) is 1. The van der Waals surface area contributed by atoms with Crippen LogP contribution in [-0.2, 0) is 14.3 Å². The molecule has 1 aliphatic carbocycles. The lowest BCUT2D eigenvalue weighted by atomic mass is 9.47. The summed E-state index contributed by atoms with van der Waals surface area (Å²) in [5, 5.41) is 9.41. The lowest BCUT2D eigenvalue weighted by molar-refractivity contribution is -0.191. The minimum absolute atomic E-state index is 0.0157. The molecule has 1 aliphatic heterocycles. The summed E-state index contributed by atoms with van der Waals surface area (Å²) in [6, 6.07) is 0. The third-order valence-electron chi connectivity index (χ3n) is 5.57. The van der Waals surface area contributed by atoms with E-state index >= 15 is 0 Å². The van der Waals surface area contributed by atoms with E-state index in [-0.39, 0.29) is 17.9 Å². The van der Waals surface area contributed by atoms with Gasteiger partial charge in [0.25, 0.3) is 0 Å². The molecule has 1 saturated heterocycles. The first-order valence-electron chi connectivity index (χ1n) is 7.48. The smallest absolute Gasteiger partial charge is 0.329 e.